The SMILES string of the molecule is Cn1c2cc(C=O)sc2c2cnn(Cc3ccccc3F)c(=O)c21. The van der Waals surface area contributed by atoms with Gasteiger partial charge in [-0.05, 0) is 12.1 Å². The summed E-state index contributed by atoms with van der Waals surface area (Å²) in [6.45, 7) is 0.0693. The van der Waals surface area contributed by atoms with Gasteiger partial charge in [0, 0.05) is 18.0 Å². The van der Waals surface area contributed by atoms with Crippen molar-refractivity contribution in [2.45, 2.75) is 6.54 Å². The van der Waals surface area contributed by atoms with Gasteiger partial charge in [-0.2, -0.15) is 5.10 Å². The lowest BCUT2D eigenvalue weighted by molar-refractivity contribution is 0.112. The van der Waals surface area contributed by atoms with Gasteiger partial charge in [0.05, 0.1) is 27.8 Å². The number of thiophene rings is 1. The van der Waals surface area contributed by atoms with E-state index < -0.39 is 0 Å². The molecular weight excluding hydrogens is 329 g/mol. The minimum Gasteiger partial charge on any atom is -0.338 e. The third-order valence-corrected chi connectivity index (χ3v) is 5.17. The Labute approximate surface area is 139 Å². The molecule has 1 aromatic carbocycles. The molecular formula is C17H12FN3O2S. The highest BCUT2D eigenvalue weighted by molar-refractivity contribution is 7.21. The Kier molecular flexibility index (Phi) is 3.31. The highest BCUT2D eigenvalue weighted by atomic mass is 32.1. The van der Waals surface area contributed by atoms with Crippen LogP contribution in [0, 0.1) is 5.82 Å². The molecule has 0 saturated carbocycles. The molecule has 3 aromatic heterocycles. The molecule has 0 saturated heterocycles. The van der Waals surface area contributed by atoms with Gasteiger partial charge in [-0.25, -0.2) is 9.07 Å². The monoisotopic (exact) mass is 341 g/mol. The molecule has 4 rings (SSSR count). The first-order valence-corrected chi connectivity index (χ1v) is 8.08. The van der Waals surface area contributed by atoms with Crippen LogP contribution in [0.15, 0.2) is 41.3 Å². The van der Waals surface area contributed by atoms with Crippen molar-refractivity contribution in [2.24, 2.45) is 7.05 Å². The van der Waals surface area contributed by atoms with E-state index in [0.29, 0.717) is 21.3 Å². The van der Waals surface area contributed by atoms with Gasteiger partial charge in [-0.1, -0.05) is 18.2 Å². The van der Waals surface area contributed by atoms with Gasteiger partial charge >= 0.3 is 0 Å². The minimum atomic E-state index is -0.366. The fourth-order valence-electron chi connectivity index (χ4n) is 2.89. The second kappa shape index (κ2) is 5.38. The van der Waals surface area contributed by atoms with E-state index in [2.05, 4.69) is 5.10 Å². The van der Waals surface area contributed by atoms with Gasteiger partial charge in [0.25, 0.3) is 5.56 Å². The number of nitrogens with zero attached hydrogens (tertiary/aromatic N) is 3. The molecule has 5 nitrogen and oxygen atoms in total. The fourth-order valence-corrected chi connectivity index (χ4v) is 3.90. The van der Waals surface area contributed by atoms with Gasteiger partial charge in [0.1, 0.15) is 11.3 Å². The Hall–Kier alpha value is -2.80. The number of hydrogen-bond acceptors (Lipinski definition) is 4. The first kappa shape index (κ1) is 14.8. The van der Waals surface area contributed by atoms with E-state index in [-0.39, 0.29) is 17.9 Å². The van der Waals surface area contributed by atoms with Gasteiger partial charge < -0.3 is 4.57 Å². The topological polar surface area (TPSA) is 56.9 Å². The summed E-state index contributed by atoms with van der Waals surface area (Å²) in [5.41, 5.74) is 1.44. The molecule has 0 aliphatic carbocycles. The van der Waals surface area contributed by atoms with Gasteiger partial charge in [0.2, 0.25) is 0 Å². The van der Waals surface area contributed by atoms with Gasteiger partial charge in [-0.3, -0.25) is 9.59 Å². The van der Waals surface area contributed by atoms with Gasteiger partial charge in [-0.15, -0.1) is 11.3 Å². The zero-order valence-electron chi connectivity index (χ0n) is 12.7. The van der Waals surface area contributed by atoms with Crippen molar-refractivity contribution in [1.82, 2.24) is 14.3 Å². The van der Waals surface area contributed by atoms with E-state index in [4.69, 9.17) is 0 Å². The Bertz CT molecular complexity index is 1160. The van der Waals surface area contributed by atoms with Crippen LogP contribution in [0.4, 0.5) is 4.39 Å². The van der Waals surface area contributed by atoms with Crippen LogP contribution in [0.1, 0.15) is 15.2 Å². The van der Waals surface area contributed by atoms with E-state index in [0.717, 1.165) is 16.5 Å². The van der Waals surface area contributed by atoms with Crippen LogP contribution in [0.25, 0.3) is 21.1 Å². The van der Waals surface area contributed by atoms with Crippen molar-refractivity contribution >= 4 is 38.7 Å². The molecule has 0 aliphatic rings. The Morgan fingerprint density at radius 1 is 1.33 bits per heavy atom. The predicted octanol–water partition coefficient (Wildman–Crippen LogP) is 2.95. The van der Waals surface area contributed by atoms with E-state index in [1.54, 1.807) is 42.1 Å². The molecule has 0 aliphatic heterocycles. The van der Waals surface area contributed by atoms with E-state index in [1.807, 2.05) is 0 Å². The third-order valence-electron chi connectivity index (χ3n) is 4.09. The van der Waals surface area contributed by atoms with Crippen molar-refractivity contribution in [2.75, 3.05) is 0 Å². The predicted molar refractivity (Wildman–Crippen MR) is 91.2 cm³/mol. The number of carbonyl (C=O) groups excluding carboxylic acids is 1. The number of rotatable bonds is 3. The maximum absolute atomic E-state index is 13.8. The van der Waals surface area contributed by atoms with Crippen molar-refractivity contribution in [3.05, 3.63) is 63.1 Å². The molecule has 0 unspecified atom stereocenters. The average molecular weight is 341 g/mol. The molecule has 24 heavy (non-hydrogen) atoms. The molecule has 120 valence electrons. The fraction of sp³-hybridized carbons (Fsp3) is 0.118. The molecule has 3 heterocycles. The van der Waals surface area contributed by atoms with Crippen LogP contribution in [0.2, 0.25) is 0 Å². The van der Waals surface area contributed by atoms with Crippen molar-refractivity contribution in [3.63, 3.8) is 0 Å². The maximum atomic E-state index is 13.8. The van der Waals surface area contributed by atoms with Crippen molar-refractivity contribution < 1.29 is 9.18 Å². The number of halogens is 1. The van der Waals surface area contributed by atoms with Crippen molar-refractivity contribution in [1.29, 1.82) is 0 Å². The molecule has 0 spiro atoms. The summed E-state index contributed by atoms with van der Waals surface area (Å²) in [6.07, 6.45) is 2.40. The van der Waals surface area contributed by atoms with Crippen LogP contribution in [0.5, 0.6) is 0 Å². The van der Waals surface area contributed by atoms with Crippen LogP contribution in [-0.4, -0.2) is 20.6 Å². The summed E-state index contributed by atoms with van der Waals surface area (Å²) in [5.74, 6) is -0.366. The highest BCUT2D eigenvalue weighted by Gasteiger charge is 2.17. The van der Waals surface area contributed by atoms with E-state index in [1.165, 1.54) is 22.1 Å². The summed E-state index contributed by atoms with van der Waals surface area (Å²) in [5, 5.41) is 4.89. The number of fused-ring (bicyclic) bond motifs is 3. The summed E-state index contributed by atoms with van der Waals surface area (Å²) in [6, 6.07) is 8.08. The number of aldehydes is 1. The lowest BCUT2D eigenvalue weighted by Gasteiger charge is -2.06. The standard InChI is InChI=1S/C17H12FN3O2S/c1-20-14-6-11(9-22)24-16(14)12-7-19-21(17(23)15(12)20)8-10-4-2-3-5-13(10)18/h2-7,9H,8H2,1H3. The van der Waals surface area contributed by atoms with Crippen LogP contribution < -0.4 is 5.56 Å². The summed E-state index contributed by atoms with van der Waals surface area (Å²) < 4.78 is 17.7. The molecule has 7 heteroatoms. The number of benzene rings is 1. The van der Waals surface area contributed by atoms with Crippen LogP contribution >= 0.6 is 11.3 Å². The lowest BCUT2D eigenvalue weighted by atomic mass is 10.2. The summed E-state index contributed by atoms with van der Waals surface area (Å²) in [7, 11) is 1.78. The average Bonchev–Trinajstić information content (AvgIpc) is 3.11. The minimum absolute atomic E-state index is 0.0693. The number of aromatic nitrogens is 3. The van der Waals surface area contributed by atoms with Crippen LogP contribution in [0.3, 0.4) is 0 Å². The number of hydrogen-bond donors (Lipinski definition) is 0. The second-order valence-electron chi connectivity index (χ2n) is 5.50. The zero-order chi connectivity index (χ0) is 16.8. The Morgan fingerprint density at radius 2 is 2.12 bits per heavy atom. The summed E-state index contributed by atoms with van der Waals surface area (Å²) >= 11 is 1.33. The highest BCUT2D eigenvalue weighted by Crippen LogP contribution is 2.32. The second-order valence-corrected chi connectivity index (χ2v) is 6.58. The number of aryl methyl sites for hydroxylation is 1. The first-order valence-electron chi connectivity index (χ1n) is 7.27. The maximum Gasteiger partial charge on any atom is 0.291 e. The van der Waals surface area contributed by atoms with Crippen molar-refractivity contribution in [3.8, 4) is 0 Å². The molecule has 0 radical (unpaired) electrons. The Morgan fingerprint density at radius 3 is 2.88 bits per heavy atom. The van der Waals surface area contributed by atoms with E-state index >= 15 is 0 Å². The van der Waals surface area contributed by atoms with Crippen LogP contribution in [-0.2, 0) is 13.6 Å². The molecule has 0 fully saturated rings. The molecule has 0 N–H and O–H groups in total. The summed E-state index contributed by atoms with van der Waals surface area (Å²) in [4.78, 5) is 24.3. The Balaban J connectivity index is 1.92. The third kappa shape index (κ3) is 2.09. The zero-order valence-corrected chi connectivity index (χ0v) is 13.5. The lowest BCUT2D eigenvalue weighted by Crippen LogP contribution is -2.24. The van der Waals surface area contributed by atoms with E-state index in [9.17, 15) is 14.0 Å². The first-order chi connectivity index (χ1) is 11.6. The molecule has 0 amide bonds. The normalized spacial score (nSPS) is 11.4. The quantitative estimate of drug-likeness (QED) is 0.538. The molecule has 0 bridgehead atoms. The largest absolute Gasteiger partial charge is 0.338 e. The smallest absolute Gasteiger partial charge is 0.291 e. The molecule has 0 atom stereocenters. The van der Waals surface area contributed by atoms with Gasteiger partial charge in [0.15, 0.2) is 6.29 Å². The molecule has 4 aromatic rings. The number of carbonyl (C=O) groups is 1.